The molecule has 1 aliphatic rings. The van der Waals surface area contributed by atoms with Gasteiger partial charge in [-0.05, 0) is 49.7 Å². The Hall–Kier alpha value is -3.59. The summed E-state index contributed by atoms with van der Waals surface area (Å²) in [5.74, 6) is 0.503. The van der Waals surface area contributed by atoms with E-state index >= 15 is 0 Å². The van der Waals surface area contributed by atoms with Crippen molar-refractivity contribution in [3.8, 4) is 11.4 Å². The fourth-order valence-corrected chi connectivity index (χ4v) is 3.09. The number of carbonyl (C=O) groups excluding carboxylic acids is 1. The molecule has 1 aliphatic carbocycles. The lowest BCUT2D eigenvalue weighted by Gasteiger charge is -2.16. The molecule has 0 atom stereocenters. The lowest BCUT2D eigenvalue weighted by Crippen LogP contribution is -2.25. The maximum absolute atomic E-state index is 12.1. The molecular formula is C21H22N6O3. The number of amides is 1. The molecule has 0 spiro atoms. The van der Waals surface area contributed by atoms with E-state index in [-0.39, 0.29) is 11.6 Å². The second kappa shape index (κ2) is 8.42. The summed E-state index contributed by atoms with van der Waals surface area (Å²) in [5.41, 5.74) is 2.53. The molecule has 154 valence electrons. The summed E-state index contributed by atoms with van der Waals surface area (Å²) in [7, 11) is 1.97. The molecule has 0 aliphatic heterocycles. The number of nitrogens with one attached hydrogen (secondary N) is 1. The number of carbonyl (C=O) groups is 1. The Labute approximate surface area is 173 Å². The van der Waals surface area contributed by atoms with Crippen LogP contribution in [0.5, 0.6) is 0 Å². The van der Waals surface area contributed by atoms with Gasteiger partial charge in [-0.25, -0.2) is 9.67 Å². The molecule has 1 saturated carbocycles. The van der Waals surface area contributed by atoms with Crippen LogP contribution in [0.3, 0.4) is 0 Å². The number of rotatable bonds is 8. The fraction of sp³-hybridized carbons (Fsp3) is 0.286. The first-order chi connectivity index (χ1) is 14.5. The third-order valence-corrected chi connectivity index (χ3v) is 4.84. The molecule has 0 radical (unpaired) electrons. The van der Waals surface area contributed by atoms with Gasteiger partial charge < -0.3 is 5.32 Å². The largest absolute Gasteiger partial charge is 0.349 e. The minimum atomic E-state index is -0.434. The molecule has 2 aromatic carbocycles. The Kier molecular flexibility index (Phi) is 5.53. The molecule has 1 heterocycles. The van der Waals surface area contributed by atoms with Crippen molar-refractivity contribution in [1.29, 1.82) is 0 Å². The number of hydrogen-bond donors (Lipinski definition) is 1. The predicted molar refractivity (Wildman–Crippen MR) is 111 cm³/mol. The normalized spacial score (nSPS) is 13.4. The van der Waals surface area contributed by atoms with Crippen LogP contribution in [0.25, 0.3) is 11.4 Å². The van der Waals surface area contributed by atoms with Gasteiger partial charge in [-0.2, -0.15) is 0 Å². The van der Waals surface area contributed by atoms with Crippen molar-refractivity contribution in [3.63, 3.8) is 0 Å². The van der Waals surface area contributed by atoms with Crippen molar-refractivity contribution in [2.45, 2.75) is 32.1 Å². The summed E-state index contributed by atoms with van der Waals surface area (Å²) in [6, 6.07) is 14.1. The smallest absolute Gasteiger partial charge is 0.269 e. The minimum absolute atomic E-state index is 0.0150. The topological polar surface area (TPSA) is 106 Å². The molecule has 4 rings (SSSR count). The summed E-state index contributed by atoms with van der Waals surface area (Å²) in [5, 5.41) is 18.2. The molecular weight excluding hydrogens is 384 g/mol. The van der Waals surface area contributed by atoms with E-state index in [9.17, 15) is 14.9 Å². The number of aromatic nitrogens is 3. The van der Waals surface area contributed by atoms with Crippen molar-refractivity contribution in [2.24, 2.45) is 0 Å². The number of nitro benzene ring substituents is 1. The summed E-state index contributed by atoms with van der Waals surface area (Å²) in [4.78, 5) is 28.8. The second-order valence-electron chi connectivity index (χ2n) is 7.51. The van der Waals surface area contributed by atoms with Crippen LogP contribution in [0.15, 0.2) is 54.9 Å². The van der Waals surface area contributed by atoms with E-state index in [1.54, 1.807) is 23.1 Å². The zero-order chi connectivity index (χ0) is 21.1. The summed E-state index contributed by atoms with van der Waals surface area (Å²) in [6.07, 6.45) is 3.78. The zero-order valence-corrected chi connectivity index (χ0v) is 16.6. The monoisotopic (exact) mass is 406 g/mol. The first-order valence-corrected chi connectivity index (χ1v) is 9.70. The van der Waals surface area contributed by atoms with Crippen LogP contribution in [0.1, 0.15) is 28.8 Å². The fourth-order valence-electron chi connectivity index (χ4n) is 3.09. The summed E-state index contributed by atoms with van der Waals surface area (Å²) < 4.78 is 1.72. The second-order valence-corrected chi connectivity index (χ2v) is 7.51. The zero-order valence-electron chi connectivity index (χ0n) is 16.6. The van der Waals surface area contributed by atoms with Crippen LogP contribution in [-0.4, -0.2) is 43.6 Å². The lowest BCUT2D eigenvalue weighted by molar-refractivity contribution is -0.384. The third kappa shape index (κ3) is 4.87. The van der Waals surface area contributed by atoms with E-state index in [1.165, 1.54) is 12.1 Å². The van der Waals surface area contributed by atoms with Gasteiger partial charge in [0.2, 0.25) is 0 Å². The first-order valence-electron chi connectivity index (χ1n) is 9.70. The number of nitrogens with zero attached hydrogens (tertiary/aromatic N) is 5. The number of hydrogen-bond acceptors (Lipinski definition) is 6. The molecule has 0 saturated heterocycles. The van der Waals surface area contributed by atoms with Crippen LogP contribution < -0.4 is 5.32 Å². The van der Waals surface area contributed by atoms with Gasteiger partial charge in [-0.15, -0.1) is 5.10 Å². The highest BCUT2D eigenvalue weighted by Gasteiger charge is 2.23. The SMILES string of the molecule is CN(Cc1ccc(C(=O)NC2CC2)cc1)Cn1cnc(-c2ccc([N+](=O)[O-])cc2)n1. The molecule has 1 N–H and O–H groups in total. The van der Waals surface area contributed by atoms with Crippen molar-refractivity contribution in [2.75, 3.05) is 7.05 Å². The van der Waals surface area contributed by atoms with Gasteiger partial charge in [-0.3, -0.25) is 19.8 Å². The summed E-state index contributed by atoms with van der Waals surface area (Å²) >= 11 is 0. The Bertz CT molecular complexity index is 1040. The maximum atomic E-state index is 12.1. The number of non-ortho nitro benzene ring substituents is 1. The molecule has 1 fully saturated rings. The molecule has 9 nitrogen and oxygen atoms in total. The average molecular weight is 406 g/mol. The van der Waals surface area contributed by atoms with Crippen LogP contribution in [0.2, 0.25) is 0 Å². The van der Waals surface area contributed by atoms with Gasteiger partial charge in [0.15, 0.2) is 5.82 Å². The minimum Gasteiger partial charge on any atom is -0.349 e. The summed E-state index contributed by atoms with van der Waals surface area (Å²) in [6.45, 7) is 1.22. The van der Waals surface area contributed by atoms with Crippen molar-refractivity contribution < 1.29 is 9.72 Å². The van der Waals surface area contributed by atoms with Gasteiger partial charge in [0.05, 0.1) is 11.6 Å². The Morgan fingerprint density at radius 3 is 2.53 bits per heavy atom. The first kappa shape index (κ1) is 19.7. The van der Waals surface area contributed by atoms with Crippen LogP contribution in [0.4, 0.5) is 5.69 Å². The molecule has 1 amide bonds. The van der Waals surface area contributed by atoms with E-state index < -0.39 is 4.92 Å². The van der Waals surface area contributed by atoms with Gasteiger partial charge >= 0.3 is 0 Å². The molecule has 3 aromatic rings. The third-order valence-electron chi connectivity index (χ3n) is 4.84. The van der Waals surface area contributed by atoms with Gasteiger partial charge in [0.25, 0.3) is 11.6 Å². The van der Waals surface area contributed by atoms with Crippen molar-refractivity contribution >= 4 is 11.6 Å². The van der Waals surface area contributed by atoms with Crippen molar-refractivity contribution in [3.05, 3.63) is 76.1 Å². The van der Waals surface area contributed by atoms with Crippen molar-refractivity contribution in [1.82, 2.24) is 25.0 Å². The molecule has 1 aromatic heterocycles. The molecule has 0 unspecified atom stereocenters. The lowest BCUT2D eigenvalue weighted by atomic mass is 10.1. The highest BCUT2D eigenvalue weighted by molar-refractivity contribution is 5.94. The number of nitro groups is 1. The van der Waals surface area contributed by atoms with E-state index in [0.29, 0.717) is 30.6 Å². The standard InChI is InChI=1S/C21H22N6O3/c1-25(12-15-2-4-17(5-3-15)21(28)23-18-8-9-18)14-26-13-22-20(24-26)16-6-10-19(11-7-16)27(29)30/h2-7,10-11,13,18H,8-9,12,14H2,1H3,(H,23,28). The van der Waals surface area contributed by atoms with Crippen LogP contribution >= 0.6 is 0 Å². The maximum Gasteiger partial charge on any atom is 0.269 e. The number of benzene rings is 2. The Balaban J connectivity index is 1.33. The predicted octanol–water partition coefficient (Wildman–Crippen LogP) is 2.84. The highest BCUT2D eigenvalue weighted by atomic mass is 16.6. The van der Waals surface area contributed by atoms with Gasteiger partial charge in [0, 0.05) is 35.8 Å². The highest BCUT2D eigenvalue weighted by Crippen LogP contribution is 2.20. The average Bonchev–Trinajstić information content (AvgIpc) is 3.43. The van der Waals surface area contributed by atoms with E-state index in [4.69, 9.17) is 0 Å². The molecule has 0 bridgehead atoms. The van der Waals surface area contributed by atoms with Gasteiger partial charge in [-0.1, -0.05) is 12.1 Å². The van der Waals surface area contributed by atoms with Crippen LogP contribution in [-0.2, 0) is 13.2 Å². The Morgan fingerprint density at radius 1 is 1.20 bits per heavy atom. The van der Waals surface area contributed by atoms with E-state index in [1.807, 2.05) is 31.3 Å². The van der Waals surface area contributed by atoms with E-state index in [0.717, 1.165) is 24.0 Å². The van der Waals surface area contributed by atoms with Crippen LogP contribution in [0, 0.1) is 10.1 Å². The van der Waals surface area contributed by atoms with E-state index in [2.05, 4.69) is 20.3 Å². The molecule has 30 heavy (non-hydrogen) atoms. The molecule has 9 heteroatoms. The Morgan fingerprint density at radius 2 is 1.90 bits per heavy atom. The van der Waals surface area contributed by atoms with Gasteiger partial charge in [0.1, 0.15) is 6.33 Å². The quantitative estimate of drug-likeness (QED) is 0.455.